The maximum Gasteiger partial charge on any atom is 0.413 e. The molecule has 8 nitrogen and oxygen atoms in total. The maximum absolute atomic E-state index is 12.4. The highest BCUT2D eigenvalue weighted by atomic mass is 16.6. The molecule has 8 heteroatoms. The number of nitrogens with zero attached hydrogens (tertiary/aromatic N) is 1. The van der Waals surface area contributed by atoms with Gasteiger partial charge in [0.05, 0.1) is 0 Å². The molecule has 1 aromatic carbocycles. The zero-order valence-corrected chi connectivity index (χ0v) is 18.8. The molecule has 0 aliphatic rings. The molecule has 1 aromatic heterocycles. The van der Waals surface area contributed by atoms with Gasteiger partial charge in [0.25, 0.3) is 0 Å². The van der Waals surface area contributed by atoms with Crippen LogP contribution in [-0.4, -0.2) is 46.1 Å². The fourth-order valence-corrected chi connectivity index (χ4v) is 3.06. The van der Waals surface area contributed by atoms with Crippen LogP contribution in [0.1, 0.15) is 44.7 Å². The van der Waals surface area contributed by atoms with Gasteiger partial charge in [0, 0.05) is 19.2 Å². The number of carboxylic acids is 1. The van der Waals surface area contributed by atoms with E-state index in [1.54, 1.807) is 39.1 Å². The minimum Gasteiger partial charge on any atom is -0.480 e. The van der Waals surface area contributed by atoms with Crippen LogP contribution in [0.15, 0.2) is 48.7 Å². The summed E-state index contributed by atoms with van der Waals surface area (Å²) in [5.74, 6) is -1.17. The fourth-order valence-electron chi connectivity index (χ4n) is 3.06. The molecule has 0 spiro atoms. The normalized spacial score (nSPS) is 12.1. The number of benzene rings is 1. The van der Waals surface area contributed by atoms with Crippen molar-refractivity contribution in [2.24, 2.45) is 0 Å². The quantitative estimate of drug-likeness (QED) is 0.456. The molecule has 1 amide bonds. The number of hydrogen-bond acceptors (Lipinski definition) is 6. The zero-order valence-electron chi connectivity index (χ0n) is 18.8. The van der Waals surface area contributed by atoms with E-state index in [1.165, 1.54) is 0 Å². The van der Waals surface area contributed by atoms with Gasteiger partial charge in [-0.3, -0.25) is 20.2 Å². The Labute approximate surface area is 188 Å². The Kier molecular flexibility index (Phi) is 9.34. The van der Waals surface area contributed by atoms with Crippen molar-refractivity contribution < 1.29 is 24.2 Å². The van der Waals surface area contributed by atoms with E-state index < -0.39 is 23.7 Å². The summed E-state index contributed by atoms with van der Waals surface area (Å²) in [6, 6.07) is 11.9. The number of anilines is 1. The van der Waals surface area contributed by atoms with Crippen molar-refractivity contribution in [3.63, 3.8) is 0 Å². The minimum absolute atomic E-state index is 0.131. The number of aliphatic carboxylic acids is 1. The SMILES string of the molecule is CC(C)(C)OC(=O)Nc1cc(CCCC(=O)C(NCCc2ccccc2)C(=O)O)ccn1. The van der Waals surface area contributed by atoms with Crippen molar-refractivity contribution in [2.75, 3.05) is 11.9 Å². The number of rotatable bonds is 11. The van der Waals surface area contributed by atoms with Crippen LogP contribution in [0.5, 0.6) is 0 Å². The molecule has 1 atom stereocenters. The van der Waals surface area contributed by atoms with E-state index in [1.807, 2.05) is 30.3 Å². The van der Waals surface area contributed by atoms with Crippen LogP contribution in [0.4, 0.5) is 10.6 Å². The lowest BCUT2D eigenvalue weighted by Crippen LogP contribution is -2.44. The molecule has 0 saturated heterocycles. The number of Topliss-reactive ketones (excluding diaryl/α,β-unsaturated/α-hetero) is 1. The van der Waals surface area contributed by atoms with Crippen molar-refractivity contribution >= 4 is 23.7 Å². The third-order valence-corrected chi connectivity index (χ3v) is 4.52. The highest BCUT2D eigenvalue weighted by molar-refractivity contribution is 6.02. The molecule has 172 valence electrons. The number of carbonyl (C=O) groups excluding carboxylic acids is 2. The van der Waals surface area contributed by atoms with Gasteiger partial charge in [-0.2, -0.15) is 0 Å². The molecular weight excluding hydrogens is 410 g/mol. The number of amides is 1. The molecule has 0 saturated carbocycles. The molecule has 32 heavy (non-hydrogen) atoms. The van der Waals surface area contributed by atoms with Gasteiger partial charge in [-0.25, -0.2) is 9.78 Å². The van der Waals surface area contributed by atoms with Gasteiger partial charge in [-0.15, -0.1) is 0 Å². The van der Waals surface area contributed by atoms with Crippen molar-refractivity contribution in [1.29, 1.82) is 0 Å². The molecule has 0 aliphatic carbocycles. The third-order valence-electron chi connectivity index (χ3n) is 4.52. The molecule has 0 aliphatic heterocycles. The van der Waals surface area contributed by atoms with Crippen LogP contribution >= 0.6 is 0 Å². The summed E-state index contributed by atoms with van der Waals surface area (Å²) in [5.41, 5.74) is 1.34. The molecule has 0 fully saturated rings. The van der Waals surface area contributed by atoms with E-state index in [0.717, 1.165) is 11.1 Å². The number of nitrogens with one attached hydrogen (secondary N) is 2. The van der Waals surface area contributed by atoms with Gasteiger partial charge < -0.3 is 9.84 Å². The third kappa shape index (κ3) is 9.26. The van der Waals surface area contributed by atoms with Crippen LogP contribution in [0.2, 0.25) is 0 Å². The number of pyridine rings is 1. The summed E-state index contributed by atoms with van der Waals surface area (Å²) >= 11 is 0. The molecule has 2 aromatic rings. The maximum atomic E-state index is 12.4. The summed E-state index contributed by atoms with van der Waals surface area (Å²) in [4.78, 5) is 39.9. The Hall–Kier alpha value is -3.26. The van der Waals surface area contributed by atoms with Crippen LogP contribution in [0, 0.1) is 0 Å². The van der Waals surface area contributed by atoms with Crippen LogP contribution in [0.3, 0.4) is 0 Å². The first-order valence-electron chi connectivity index (χ1n) is 10.6. The minimum atomic E-state index is -1.22. The van der Waals surface area contributed by atoms with Gasteiger partial charge in [0.2, 0.25) is 0 Å². The number of carbonyl (C=O) groups is 3. The van der Waals surface area contributed by atoms with Crippen LogP contribution < -0.4 is 10.6 Å². The molecule has 0 radical (unpaired) electrons. The molecule has 2 rings (SSSR count). The summed E-state index contributed by atoms with van der Waals surface area (Å²) in [6.45, 7) is 5.72. The van der Waals surface area contributed by atoms with Gasteiger partial charge in [-0.05, 0) is 63.3 Å². The van der Waals surface area contributed by atoms with E-state index in [0.29, 0.717) is 31.6 Å². The number of ether oxygens (including phenoxy) is 1. The summed E-state index contributed by atoms with van der Waals surface area (Å²) in [7, 11) is 0. The monoisotopic (exact) mass is 441 g/mol. The fraction of sp³-hybridized carbons (Fsp3) is 0.417. The highest BCUT2D eigenvalue weighted by Gasteiger charge is 2.24. The van der Waals surface area contributed by atoms with Crippen molar-refractivity contribution in [1.82, 2.24) is 10.3 Å². The van der Waals surface area contributed by atoms with Crippen LogP contribution in [-0.2, 0) is 27.2 Å². The van der Waals surface area contributed by atoms with E-state index >= 15 is 0 Å². The predicted octanol–water partition coefficient (Wildman–Crippen LogP) is 3.61. The second-order valence-electron chi connectivity index (χ2n) is 8.46. The average molecular weight is 442 g/mol. The molecule has 1 unspecified atom stereocenters. The lowest BCUT2D eigenvalue weighted by Gasteiger charge is -2.19. The van der Waals surface area contributed by atoms with Gasteiger partial charge in [-0.1, -0.05) is 30.3 Å². The summed E-state index contributed by atoms with van der Waals surface area (Å²) < 4.78 is 5.21. The summed E-state index contributed by atoms with van der Waals surface area (Å²) in [5, 5.41) is 14.8. The number of ketones is 1. The first-order valence-corrected chi connectivity index (χ1v) is 10.6. The van der Waals surface area contributed by atoms with E-state index in [-0.39, 0.29) is 12.2 Å². The molecule has 1 heterocycles. The first-order chi connectivity index (χ1) is 15.1. The van der Waals surface area contributed by atoms with Gasteiger partial charge in [0.15, 0.2) is 11.8 Å². The lowest BCUT2D eigenvalue weighted by atomic mass is 10.0. The zero-order chi connectivity index (χ0) is 23.6. The van der Waals surface area contributed by atoms with Crippen molar-refractivity contribution in [3.05, 3.63) is 59.8 Å². The highest BCUT2D eigenvalue weighted by Crippen LogP contribution is 2.13. The summed E-state index contributed by atoms with van der Waals surface area (Å²) in [6.07, 6.45) is 2.78. The standard InChI is InChI=1S/C24H31N3O5/c1-24(2,3)32-23(31)27-20-16-18(13-14-25-20)10-7-11-19(28)21(22(29)30)26-15-12-17-8-5-4-6-9-17/h4-6,8-9,13-14,16,21,26H,7,10-12,15H2,1-3H3,(H,29,30)(H,25,27,31). The molecule has 3 N–H and O–H groups in total. The Morgan fingerprint density at radius 3 is 2.44 bits per heavy atom. The van der Waals surface area contributed by atoms with E-state index in [4.69, 9.17) is 4.74 Å². The van der Waals surface area contributed by atoms with Crippen LogP contribution in [0.25, 0.3) is 0 Å². The topological polar surface area (TPSA) is 118 Å². The van der Waals surface area contributed by atoms with E-state index in [2.05, 4.69) is 15.6 Å². The second-order valence-corrected chi connectivity index (χ2v) is 8.46. The molecular formula is C24H31N3O5. The van der Waals surface area contributed by atoms with Crippen molar-refractivity contribution in [3.8, 4) is 0 Å². The smallest absolute Gasteiger partial charge is 0.413 e. The lowest BCUT2D eigenvalue weighted by molar-refractivity contribution is -0.143. The Morgan fingerprint density at radius 2 is 1.78 bits per heavy atom. The largest absolute Gasteiger partial charge is 0.480 e. The predicted molar refractivity (Wildman–Crippen MR) is 122 cm³/mol. The van der Waals surface area contributed by atoms with Gasteiger partial charge >= 0.3 is 12.1 Å². The number of hydrogen-bond donors (Lipinski definition) is 3. The average Bonchev–Trinajstić information content (AvgIpc) is 2.70. The number of aromatic nitrogens is 1. The second kappa shape index (κ2) is 12.0. The van der Waals surface area contributed by atoms with E-state index in [9.17, 15) is 19.5 Å². The van der Waals surface area contributed by atoms with Crippen molar-refractivity contribution in [2.45, 2.75) is 58.1 Å². The Balaban J connectivity index is 1.81. The van der Waals surface area contributed by atoms with Gasteiger partial charge in [0.1, 0.15) is 11.4 Å². The Bertz CT molecular complexity index is 909. The molecule has 0 bridgehead atoms. The number of aryl methyl sites for hydroxylation is 1. The Morgan fingerprint density at radius 1 is 1.06 bits per heavy atom. The number of carboxylic acid groups (broad SMARTS) is 1. The first kappa shape index (κ1) is 25.0.